The Bertz CT molecular complexity index is 972. The lowest BCUT2D eigenvalue weighted by Crippen LogP contribution is -2.52. The van der Waals surface area contributed by atoms with E-state index in [4.69, 9.17) is 5.11 Å². The first-order valence-electron chi connectivity index (χ1n) is 13.3. The van der Waals surface area contributed by atoms with Crippen LogP contribution in [-0.2, 0) is 9.59 Å². The Labute approximate surface area is 205 Å². The molecule has 0 aromatic carbocycles. The molecule has 0 aromatic rings. The molecule has 0 saturated heterocycles. The lowest BCUT2D eigenvalue weighted by Gasteiger charge is -2.59. The monoisotopic (exact) mass is 468 g/mol. The highest BCUT2D eigenvalue weighted by atomic mass is 16.4. The van der Waals surface area contributed by atoms with E-state index in [1.54, 1.807) is 12.5 Å². The molecule has 0 aliphatic heterocycles. The lowest BCUT2D eigenvalue weighted by atomic mass is 9.44. The quantitative estimate of drug-likeness (QED) is 0.285. The first kappa shape index (κ1) is 25.3. The summed E-state index contributed by atoms with van der Waals surface area (Å²) in [6, 6.07) is 0. The first-order valence-corrected chi connectivity index (χ1v) is 13.3. The maximum atomic E-state index is 11.6. The van der Waals surface area contributed by atoms with E-state index in [-0.39, 0.29) is 22.7 Å². The fourth-order valence-corrected chi connectivity index (χ4v) is 9.52. The van der Waals surface area contributed by atoms with Gasteiger partial charge in [-0.3, -0.25) is 4.79 Å². The van der Waals surface area contributed by atoms with Gasteiger partial charge in [-0.05, 0) is 118 Å². The molecule has 1 spiro atoms. The van der Waals surface area contributed by atoms with Crippen molar-refractivity contribution in [2.24, 2.45) is 33.5 Å². The highest BCUT2D eigenvalue weighted by Gasteiger charge is 2.79. The van der Waals surface area contributed by atoms with E-state index in [0.29, 0.717) is 22.8 Å². The maximum Gasteiger partial charge on any atom is 0.330 e. The minimum Gasteiger partial charge on any atom is -0.481 e. The fourth-order valence-electron chi connectivity index (χ4n) is 9.52. The number of aliphatic carboxylic acids is 2. The molecule has 4 aliphatic carbocycles. The van der Waals surface area contributed by atoms with Gasteiger partial charge in [-0.25, -0.2) is 4.79 Å². The molecule has 4 rings (SSSR count). The number of carboxylic acid groups (broad SMARTS) is 2. The number of hydrogen-bond donors (Lipinski definition) is 2. The van der Waals surface area contributed by atoms with Crippen LogP contribution in [0.5, 0.6) is 0 Å². The van der Waals surface area contributed by atoms with Crippen molar-refractivity contribution >= 4 is 11.9 Å². The Morgan fingerprint density at radius 1 is 1.06 bits per heavy atom. The van der Waals surface area contributed by atoms with Gasteiger partial charge in [0.25, 0.3) is 0 Å². The average molecular weight is 469 g/mol. The highest BCUT2D eigenvalue weighted by molar-refractivity contribution is 5.85. The second-order valence-corrected chi connectivity index (χ2v) is 12.7. The van der Waals surface area contributed by atoms with Gasteiger partial charge in [-0.15, -0.1) is 0 Å². The molecule has 34 heavy (non-hydrogen) atoms. The molecule has 0 heterocycles. The van der Waals surface area contributed by atoms with Gasteiger partial charge in [0.1, 0.15) is 0 Å². The third-order valence-corrected chi connectivity index (χ3v) is 11.4. The molecule has 0 aromatic heterocycles. The van der Waals surface area contributed by atoms with Gasteiger partial charge in [0, 0.05) is 12.0 Å². The Morgan fingerprint density at radius 2 is 1.76 bits per heavy atom. The van der Waals surface area contributed by atoms with E-state index in [1.165, 1.54) is 43.3 Å². The lowest BCUT2D eigenvalue weighted by molar-refractivity contribution is -0.138. The molecule has 4 saturated carbocycles. The van der Waals surface area contributed by atoms with E-state index in [2.05, 4.69) is 34.3 Å². The standard InChI is InChI=1S/C30H44O4/c1-19(2)22-10-11-24-28(6)14-12-23(20(3)8-7-9-21(4)26(33)34)27(28,5)16-17-30(24)18-29(22,30)15-13-25(31)32/h9,22,24H,1,7-8,10-18H2,2-6H3,(H,31,32)(H,33,34)/b21-9-,23-20+/t22?,24?,27-,28+,29-,30+/m1/s1. The van der Waals surface area contributed by atoms with Crippen LogP contribution in [0.4, 0.5) is 0 Å². The van der Waals surface area contributed by atoms with Crippen molar-refractivity contribution in [2.75, 3.05) is 0 Å². The zero-order chi connectivity index (χ0) is 25.1. The molecular weight excluding hydrogens is 424 g/mol. The molecule has 4 nitrogen and oxygen atoms in total. The molecular formula is C30H44O4. The van der Waals surface area contributed by atoms with Crippen LogP contribution in [0.15, 0.2) is 34.9 Å². The van der Waals surface area contributed by atoms with Crippen molar-refractivity contribution in [3.63, 3.8) is 0 Å². The van der Waals surface area contributed by atoms with Crippen LogP contribution in [0.25, 0.3) is 0 Å². The Morgan fingerprint density at radius 3 is 2.38 bits per heavy atom. The summed E-state index contributed by atoms with van der Waals surface area (Å²) in [6.45, 7) is 15.5. The topological polar surface area (TPSA) is 74.6 Å². The highest BCUT2D eigenvalue weighted by Crippen LogP contribution is 2.87. The van der Waals surface area contributed by atoms with Gasteiger partial charge in [-0.1, -0.05) is 43.2 Å². The molecule has 6 atom stereocenters. The maximum absolute atomic E-state index is 11.6. The smallest absolute Gasteiger partial charge is 0.330 e. The van der Waals surface area contributed by atoms with E-state index < -0.39 is 11.9 Å². The number of carboxylic acids is 2. The van der Waals surface area contributed by atoms with Gasteiger partial charge in [0.05, 0.1) is 0 Å². The second kappa shape index (κ2) is 8.38. The zero-order valence-corrected chi connectivity index (χ0v) is 21.9. The normalized spacial score (nSPS) is 42.3. The van der Waals surface area contributed by atoms with Crippen LogP contribution in [0, 0.1) is 33.5 Å². The molecule has 2 unspecified atom stereocenters. The van der Waals surface area contributed by atoms with Gasteiger partial charge in [-0.2, -0.15) is 0 Å². The molecule has 0 radical (unpaired) electrons. The van der Waals surface area contributed by atoms with Gasteiger partial charge in [0.2, 0.25) is 0 Å². The van der Waals surface area contributed by atoms with Crippen LogP contribution in [-0.4, -0.2) is 22.2 Å². The van der Waals surface area contributed by atoms with Gasteiger partial charge in [0.15, 0.2) is 0 Å². The number of fused-ring (bicyclic) bond motifs is 2. The average Bonchev–Trinajstić information content (AvgIpc) is 3.35. The van der Waals surface area contributed by atoms with Crippen molar-refractivity contribution in [1.82, 2.24) is 0 Å². The molecule has 0 bridgehead atoms. The molecule has 2 N–H and O–H groups in total. The summed E-state index contributed by atoms with van der Waals surface area (Å²) < 4.78 is 0. The molecule has 4 fully saturated rings. The van der Waals surface area contributed by atoms with E-state index in [9.17, 15) is 14.7 Å². The predicted octanol–water partition coefficient (Wildman–Crippen LogP) is 7.56. The zero-order valence-electron chi connectivity index (χ0n) is 21.9. The van der Waals surface area contributed by atoms with E-state index in [1.807, 2.05) is 6.08 Å². The summed E-state index contributed by atoms with van der Waals surface area (Å²) in [5, 5.41) is 18.7. The Hall–Kier alpha value is -1.84. The number of hydrogen-bond acceptors (Lipinski definition) is 2. The summed E-state index contributed by atoms with van der Waals surface area (Å²) in [7, 11) is 0. The van der Waals surface area contributed by atoms with Crippen molar-refractivity contribution in [1.29, 1.82) is 0 Å². The minimum absolute atomic E-state index is 0.144. The van der Waals surface area contributed by atoms with E-state index >= 15 is 0 Å². The molecule has 4 heteroatoms. The van der Waals surface area contributed by atoms with Crippen LogP contribution in [0.2, 0.25) is 0 Å². The number of carbonyl (C=O) groups is 2. The van der Waals surface area contributed by atoms with E-state index in [0.717, 1.165) is 32.1 Å². The third-order valence-electron chi connectivity index (χ3n) is 11.4. The van der Waals surface area contributed by atoms with Crippen molar-refractivity contribution in [3.05, 3.63) is 34.9 Å². The fraction of sp³-hybridized carbons (Fsp3) is 0.733. The van der Waals surface area contributed by atoms with Crippen LogP contribution in [0.3, 0.4) is 0 Å². The summed E-state index contributed by atoms with van der Waals surface area (Å²) in [5.41, 5.74) is 5.65. The van der Waals surface area contributed by atoms with Crippen LogP contribution in [0.1, 0.15) is 105 Å². The first-order chi connectivity index (χ1) is 15.8. The van der Waals surface area contributed by atoms with Crippen molar-refractivity contribution < 1.29 is 19.8 Å². The second-order valence-electron chi connectivity index (χ2n) is 12.7. The summed E-state index contributed by atoms with van der Waals surface area (Å²) in [6.07, 6.45) is 13.0. The van der Waals surface area contributed by atoms with Crippen LogP contribution < -0.4 is 0 Å². The third kappa shape index (κ3) is 3.45. The molecule has 0 amide bonds. The molecule has 4 aliphatic rings. The Balaban J connectivity index is 1.62. The van der Waals surface area contributed by atoms with Crippen molar-refractivity contribution in [2.45, 2.75) is 105 Å². The number of allylic oxidation sites excluding steroid dienone is 4. The van der Waals surface area contributed by atoms with Crippen LogP contribution >= 0.6 is 0 Å². The summed E-state index contributed by atoms with van der Waals surface area (Å²) in [5.74, 6) is -0.370. The van der Waals surface area contributed by atoms with Gasteiger partial charge < -0.3 is 10.2 Å². The predicted molar refractivity (Wildman–Crippen MR) is 135 cm³/mol. The summed E-state index contributed by atoms with van der Waals surface area (Å²) in [4.78, 5) is 22.7. The summed E-state index contributed by atoms with van der Waals surface area (Å²) >= 11 is 0. The van der Waals surface area contributed by atoms with Crippen molar-refractivity contribution in [3.8, 4) is 0 Å². The Kier molecular flexibility index (Phi) is 6.23. The number of rotatable bonds is 8. The minimum atomic E-state index is -0.829. The van der Waals surface area contributed by atoms with Gasteiger partial charge >= 0.3 is 11.9 Å². The largest absolute Gasteiger partial charge is 0.481 e. The molecule has 188 valence electrons. The SMILES string of the molecule is C=C(C)C1CCC2[C@]3(CC[C@]4(C)/C(=C(\C)CC/C=C(/C)C(=O)O)CC[C@@]24C)C[C@]13CCC(=O)O.